The van der Waals surface area contributed by atoms with Gasteiger partial charge in [-0.2, -0.15) is 0 Å². The van der Waals surface area contributed by atoms with Gasteiger partial charge in [-0.25, -0.2) is 0 Å². The second-order valence-corrected chi connectivity index (χ2v) is 18.7. The fraction of sp³-hybridized carbons (Fsp3) is 0.0714. The van der Waals surface area contributed by atoms with Crippen molar-refractivity contribution in [2.45, 2.75) is 10.4 Å². The molecule has 29 heavy (non-hydrogen) atoms. The van der Waals surface area contributed by atoms with Crippen LogP contribution in [-0.4, -0.2) is 18.4 Å². The minimum absolute atomic E-state index is 0.326. The van der Waals surface area contributed by atoms with Gasteiger partial charge in [-0.15, -0.1) is 0 Å². The van der Waals surface area contributed by atoms with E-state index in [0.717, 1.165) is 4.44 Å². The Morgan fingerprint density at radius 3 is 1.24 bits per heavy atom. The Morgan fingerprint density at radius 2 is 0.897 bits per heavy atom. The van der Waals surface area contributed by atoms with Crippen LogP contribution in [0.1, 0.15) is 11.5 Å². The molecule has 1 atom stereocenters. The summed E-state index contributed by atoms with van der Waals surface area (Å²) in [6, 6.07) is 44.5. The molecule has 4 aromatic rings. The molecule has 0 fully saturated rings. The third-order valence-electron chi connectivity index (χ3n) is 5.84. The Labute approximate surface area is 178 Å². The van der Waals surface area contributed by atoms with Gasteiger partial charge in [-0.1, -0.05) is 0 Å². The van der Waals surface area contributed by atoms with Crippen molar-refractivity contribution in [3.63, 3.8) is 0 Å². The van der Waals surface area contributed by atoms with E-state index in [1.165, 1.54) is 16.3 Å². The Balaban J connectivity index is 1.96. The van der Waals surface area contributed by atoms with Crippen LogP contribution < -0.4 is 10.7 Å². The zero-order valence-electron chi connectivity index (χ0n) is 16.6. The summed E-state index contributed by atoms with van der Waals surface area (Å²) >= 11 is -3.28. The molecule has 0 aliphatic carbocycles. The molecule has 1 unspecified atom stereocenters. The summed E-state index contributed by atoms with van der Waals surface area (Å²) in [4.78, 5) is 0. The molecule has 0 saturated carbocycles. The molecule has 0 N–H and O–H groups in total. The van der Waals surface area contributed by atoms with E-state index < -0.39 is 18.4 Å². The van der Waals surface area contributed by atoms with Gasteiger partial charge in [-0.3, -0.25) is 0 Å². The summed E-state index contributed by atoms with van der Waals surface area (Å²) in [5.74, 6) is 0.326. The SMILES string of the molecule is C=CC([CH2][Sn]([c]1ccccc1)([c]1ccccc1)[c]1ccccc1)c1ccccc1. The monoisotopic (exact) mass is 482 g/mol. The van der Waals surface area contributed by atoms with E-state index >= 15 is 0 Å². The number of allylic oxidation sites excluding steroid dienone is 1. The number of hydrogen-bond donors (Lipinski definition) is 0. The van der Waals surface area contributed by atoms with Crippen LogP contribution in [0, 0.1) is 0 Å². The summed E-state index contributed by atoms with van der Waals surface area (Å²) < 4.78 is 5.67. The van der Waals surface area contributed by atoms with Gasteiger partial charge in [0.2, 0.25) is 0 Å². The van der Waals surface area contributed by atoms with Crippen LogP contribution in [0.2, 0.25) is 4.44 Å². The topological polar surface area (TPSA) is 0 Å². The molecule has 0 bridgehead atoms. The van der Waals surface area contributed by atoms with Gasteiger partial charge >= 0.3 is 179 Å². The van der Waals surface area contributed by atoms with Crippen molar-refractivity contribution in [3.05, 3.63) is 140 Å². The van der Waals surface area contributed by atoms with Crippen molar-refractivity contribution in [1.29, 1.82) is 0 Å². The first-order valence-electron chi connectivity index (χ1n) is 10.2. The molecule has 0 radical (unpaired) electrons. The third-order valence-corrected chi connectivity index (χ3v) is 20.1. The molecule has 1 heteroatoms. The molecule has 0 heterocycles. The quantitative estimate of drug-likeness (QED) is 0.254. The molecular weight excluding hydrogens is 455 g/mol. The van der Waals surface area contributed by atoms with E-state index in [1.807, 2.05) is 0 Å². The van der Waals surface area contributed by atoms with E-state index in [4.69, 9.17) is 0 Å². The van der Waals surface area contributed by atoms with Gasteiger partial charge in [0.1, 0.15) is 0 Å². The molecule has 0 aliphatic heterocycles. The average molecular weight is 481 g/mol. The van der Waals surface area contributed by atoms with Crippen LogP contribution in [0.25, 0.3) is 0 Å². The van der Waals surface area contributed by atoms with Crippen LogP contribution >= 0.6 is 0 Å². The fourth-order valence-electron chi connectivity index (χ4n) is 4.39. The van der Waals surface area contributed by atoms with Crippen molar-refractivity contribution < 1.29 is 0 Å². The summed E-state index contributed by atoms with van der Waals surface area (Å²) in [6.07, 6.45) is 2.15. The first kappa shape index (κ1) is 19.7. The van der Waals surface area contributed by atoms with Gasteiger partial charge in [-0.05, 0) is 0 Å². The molecule has 0 spiro atoms. The normalized spacial score (nSPS) is 12.3. The van der Waals surface area contributed by atoms with E-state index in [0.29, 0.717) is 5.92 Å². The Hall–Kier alpha value is -2.58. The molecule has 0 aromatic heterocycles. The average Bonchev–Trinajstić information content (AvgIpc) is 2.82. The second kappa shape index (κ2) is 9.28. The Morgan fingerprint density at radius 1 is 0.552 bits per heavy atom. The predicted molar refractivity (Wildman–Crippen MR) is 128 cm³/mol. The van der Waals surface area contributed by atoms with Crippen LogP contribution in [-0.2, 0) is 0 Å². The predicted octanol–water partition coefficient (Wildman–Crippen LogP) is 5.13. The van der Waals surface area contributed by atoms with Gasteiger partial charge in [0.15, 0.2) is 0 Å². The van der Waals surface area contributed by atoms with E-state index in [2.05, 4.69) is 134 Å². The van der Waals surface area contributed by atoms with Crippen molar-refractivity contribution in [2.75, 3.05) is 0 Å². The number of benzene rings is 4. The zero-order valence-corrected chi connectivity index (χ0v) is 19.5. The minimum atomic E-state index is -3.28. The van der Waals surface area contributed by atoms with Crippen LogP contribution in [0.4, 0.5) is 0 Å². The van der Waals surface area contributed by atoms with Gasteiger partial charge in [0.05, 0.1) is 0 Å². The van der Waals surface area contributed by atoms with Gasteiger partial charge in [0.25, 0.3) is 0 Å². The molecule has 4 rings (SSSR count). The van der Waals surface area contributed by atoms with Crippen LogP contribution in [0.15, 0.2) is 134 Å². The maximum absolute atomic E-state index is 4.24. The molecular formula is C28H26Sn. The van der Waals surface area contributed by atoms with Crippen molar-refractivity contribution in [3.8, 4) is 0 Å². The summed E-state index contributed by atoms with van der Waals surface area (Å²) in [6.45, 7) is 4.24. The number of hydrogen-bond acceptors (Lipinski definition) is 0. The van der Waals surface area contributed by atoms with E-state index in [1.54, 1.807) is 0 Å². The Bertz CT molecular complexity index is 928. The fourth-order valence-corrected chi connectivity index (χ4v) is 18.8. The third kappa shape index (κ3) is 4.08. The first-order chi connectivity index (χ1) is 14.3. The van der Waals surface area contributed by atoms with Gasteiger partial charge < -0.3 is 0 Å². The van der Waals surface area contributed by atoms with Crippen LogP contribution in [0.3, 0.4) is 0 Å². The first-order valence-corrected chi connectivity index (χ1v) is 16.5. The van der Waals surface area contributed by atoms with Crippen molar-refractivity contribution in [2.24, 2.45) is 0 Å². The maximum atomic E-state index is 4.24. The van der Waals surface area contributed by atoms with Crippen LogP contribution in [0.5, 0.6) is 0 Å². The second-order valence-electron chi connectivity index (χ2n) is 7.46. The molecule has 0 amide bonds. The van der Waals surface area contributed by atoms with E-state index in [9.17, 15) is 0 Å². The van der Waals surface area contributed by atoms with E-state index in [-0.39, 0.29) is 0 Å². The standard InChI is InChI=1S/C10H11.3C6H5.Sn/c1-3-9(2)10-7-5-4-6-8-10;3*1-2-4-6-5-3-1;/h3-9H,1-2H2;3*1-5H;. The molecule has 0 saturated heterocycles. The molecule has 0 nitrogen and oxygen atoms in total. The Kier molecular flexibility index (Phi) is 6.31. The summed E-state index contributed by atoms with van der Waals surface area (Å²) in [5, 5.41) is 0. The molecule has 142 valence electrons. The summed E-state index contributed by atoms with van der Waals surface area (Å²) in [5.41, 5.74) is 1.35. The molecule has 0 aliphatic rings. The molecule has 4 aromatic carbocycles. The zero-order chi connectivity index (χ0) is 19.9. The van der Waals surface area contributed by atoms with Gasteiger partial charge in [0, 0.05) is 0 Å². The summed E-state index contributed by atoms with van der Waals surface area (Å²) in [7, 11) is 0. The number of rotatable bonds is 7. The van der Waals surface area contributed by atoms with Crippen molar-refractivity contribution >= 4 is 29.1 Å². The van der Waals surface area contributed by atoms with Crippen molar-refractivity contribution in [1.82, 2.24) is 0 Å².